The van der Waals surface area contributed by atoms with Crippen molar-refractivity contribution in [1.82, 2.24) is 24.3 Å². The maximum atomic E-state index is 13.4. The number of likely N-dealkylation sites (N-methyl/N-ethyl adjacent to an activating group) is 2. The van der Waals surface area contributed by atoms with Crippen LogP contribution in [0.25, 0.3) is 22.3 Å². The molecule has 5 rings (SSSR count). The first-order valence-corrected chi connectivity index (χ1v) is 13.0. The van der Waals surface area contributed by atoms with Gasteiger partial charge in [-0.2, -0.15) is 0 Å². The summed E-state index contributed by atoms with van der Waals surface area (Å²) in [6.07, 6.45) is 5.04. The van der Waals surface area contributed by atoms with E-state index in [1.54, 1.807) is 53.2 Å². The zero-order valence-electron chi connectivity index (χ0n) is 23.6. The zero-order chi connectivity index (χ0) is 29.3. The van der Waals surface area contributed by atoms with Crippen molar-refractivity contribution in [3.63, 3.8) is 0 Å². The van der Waals surface area contributed by atoms with Gasteiger partial charge in [-0.25, -0.2) is 4.79 Å². The highest BCUT2D eigenvalue weighted by atomic mass is 16.5. The van der Waals surface area contributed by atoms with Crippen LogP contribution in [-0.2, 0) is 16.6 Å². The normalized spacial score (nSPS) is 13.7. The van der Waals surface area contributed by atoms with Gasteiger partial charge in [0.25, 0.3) is 11.8 Å². The molecule has 0 atom stereocenters. The van der Waals surface area contributed by atoms with Gasteiger partial charge in [-0.05, 0) is 44.4 Å². The zero-order valence-corrected chi connectivity index (χ0v) is 23.6. The number of amides is 2. The molecule has 0 unspecified atom stereocenters. The van der Waals surface area contributed by atoms with Crippen molar-refractivity contribution in [3.8, 4) is 0 Å². The average molecular weight is 554 g/mol. The van der Waals surface area contributed by atoms with Gasteiger partial charge >= 0.3 is 5.97 Å². The van der Waals surface area contributed by atoms with Gasteiger partial charge in [0, 0.05) is 56.9 Å². The molecule has 0 radical (unpaired) electrons. The third-order valence-corrected chi connectivity index (χ3v) is 6.92. The number of nitrogens with one attached hydrogen (secondary N) is 2. The Hall–Kier alpha value is -5.03. The van der Waals surface area contributed by atoms with Crippen LogP contribution in [0.5, 0.6) is 0 Å². The van der Waals surface area contributed by atoms with Crippen molar-refractivity contribution in [2.45, 2.75) is 0 Å². The molecule has 2 aromatic heterocycles. The predicted molar refractivity (Wildman–Crippen MR) is 157 cm³/mol. The molecule has 1 aliphatic rings. The molecule has 11 nitrogen and oxygen atoms in total. The second kappa shape index (κ2) is 11.2. The van der Waals surface area contributed by atoms with E-state index in [4.69, 9.17) is 4.74 Å². The SMILES string of the molecule is COC(=O)c1ccc2c(c1)NC(=O)C2=C(Nc1cc(C(=O)N(C)CCN(C)C)n(C)c1)c1ccc2nccnc2c1. The Balaban J connectivity index is 1.59. The maximum Gasteiger partial charge on any atom is 0.337 e. The number of aryl methyl sites for hydroxylation is 1. The largest absolute Gasteiger partial charge is 0.465 e. The van der Waals surface area contributed by atoms with Crippen LogP contribution < -0.4 is 10.6 Å². The smallest absolute Gasteiger partial charge is 0.337 e. The number of benzene rings is 2. The van der Waals surface area contributed by atoms with Gasteiger partial charge in [0.2, 0.25) is 0 Å². The highest BCUT2D eigenvalue weighted by molar-refractivity contribution is 6.37. The fourth-order valence-electron chi connectivity index (χ4n) is 4.70. The van der Waals surface area contributed by atoms with Crippen molar-refractivity contribution in [3.05, 3.63) is 83.4 Å². The van der Waals surface area contributed by atoms with Crippen LogP contribution in [0.2, 0.25) is 0 Å². The summed E-state index contributed by atoms with van der Waals surface area (Å²) < 4.78 is 6.60. The molecule has 0 saturated heterocycles. The Morgan fingerprint density at radius 3 is 2.44 bits per heavy atom. The van der Waals surface area contributed by atoms with Gasteiger partial charge in [-0.3, -0.25) is 19.6 Å². The minimum Gasteiger partial charge on any atom is -0.465 e. The van der Waals surface area contributed by atoms with Crippen molar-refractivity contribution in [1.29, 1.82) is 0 Å². The lowest BCUT2D eigenvalue weighted by Gasteiger charge is -2.19. The number of aromatic nitrogens is 3. The number of hydrogen-bond acceptors (Lipinski definition) is 8. The van der Waals surface area contributed by atoms with E-state index in [9.17, 15) is 14.4 Å². The molecule has 210 valence electrons. The Morgan fingerprint density at radius 2 is 1.71 bits per heavy atom. The summed E-state index contributed by atoms with van der Waals surface area (Å²) in [6, 6.07) is 12.3. The van der Waals surface area contributed by atoms with Gasteiger partial charge in [-0.15, -0.1) is 0 Å². The van der Waals surface area contributed by atoms with Crippen molar-refractivity contribution in [2.24, 2.45) is 7.05 Å². The number of fused-ring (bicyclic) bond motifs is 2. The Kier molecular flexibility index (Phi) is 7.54. The van der Waals surface area contributed by atoms with E-state index in [2.05, 4.69) is 20.6 Å². The van der Waals surface area contributed by atoms with Crippen molar-refractivity contribution in [2.75, 3.05) is 52.0 Å². The number of ether oxygens (including phenoxy) is 1. The molecule has 4 aromatic rings. The molecular weight excluding hydrogens is 522 g/mol. The molecule has 2 amide bonds. The molecule has 0 spiro atoms. The van der Waals surface area contributed by atoms with E-state index < -0.39 is 5.97 Å². The number of rotatable bonds is 8. The van der Waals surface area contributed by atoms with Gasteiger partial charge in [-0.1, -0.05) is 12.1 Å². The van der Waals surface area contributed by atoms with Crippen LogP contribution >= 0.6 is 0 Å². The summed E-state index contributed by atoms with van der Waals surface area (Å²) in [5.41, 5.74) is 5.57. The molecule has 2 N–H and O–H groups in total. The lowest BCUT2D eigenvalue weighted by atomic mass is 9.98. The summed E-state index contributed by atoms with van der Waals surface area (Å²) >= 11 is 0. The highest BCUT2D eigenvalue weighted by Crippen LogP contribution is 2.38. The topological polar surface area (TPSA) is 122 Å². The van der Waals surface area contributed by atoms with E-state index in [1.807, 2.05) is 50.4 Å². The van der Waals surface area contributed by atoms with E-state index in [0.29, 0.717) is 62.6 Å². The highest BCUT2D eigenvalue weighted by Gasteiger charge is 2.30. The van der Waals surface area contributed by atoms with E-state index in [1.165, 1.54) is 7.11 Å². The number of carbonyl (C=O) groups is 3. The Labute approximate surface area is 237 Å². The first-order valence-electron chi connectivity index (χ1n) is 13.0. The standard InChI is InChI=1S/C30H31N7O4/c1-35(2)12-13-36(3)29(39)25-16-20(17-37(25)4)33-27(18-7-9-22-24(14-18)32-11-10-31-22)26-21-8-6-19(30(40)41-5)15-23(21)34-28(26)38/h6-11,14-17,33H,12-13H2,1-5H3,(H,34,38). The summed E-state index contributed by atoms with van der Waals surface area (Å²) in [5, 5.41) is 6.28. The third kappa shape index (κ3) is 5.52. The Bertz CT molecular complexity index is 1710. The molecular formula is C30H31N7O4. The monoisotopic (exact) mass is 553 g/mol. The van der Waals surface area contributed by atoms with E-state index in [-0.39, 0.29) is 11.8 Å². The van der Waals surface area contributed by atoms with Crippen molar-refractivity contribution < 1.29 is 19.1 Å². The number of methoxy groups -OCH3 is 1. The molecule has 2 aromatic carbocycles. The molecule has 11 heteroatoms. The second-order valence-corrected chi connectivity index (χ2v) is 10.1. The van der Waals surface area contributed by atoms with Gasteiger partial charge in [0.05, 0.1) is 46.4 Å². The molecule has 3 heterocycles. The molecule has 0 fully saturated rings. The van der Waals surface area contributed by atoms with Crippen LogP contribution in [0.15, 0.2) is 61.1 Å². The van der Waals surface area contributed by atoms with Crippen LogP contribution in [0.3, 0.4) is 0 Å². The molecule has 1 aliphatic heterocycles. The minimum absolute atomic E-state index is 0.114. The fourth-order valence-corrected chi connectivity index (χ4v) is 4.70. The predicted octanol–water partition coefficient (Wildman–Crippen LogP) is 3.32. The lowest BCUT2D eigenvalue weighted by Crippen LogP contribution is -2.34. The van der Waals surface area contributed by atoms with E-state index >= 15 is 0 Å². The van der Waals surface area contributed by atoms with Gasteiger partial charge in [0.1, 0.15) is 5.69 Å². The second-order valence-electron chi connectivity index (χ2n) is 10.1. The first-order chi connectivity index (χ1) is 19.7. The number of nitrogens with zero attached hydrogens (tertiary/aromatic N) is 5. The molecule has 41 heavy (non-hydrogen) atoms. The quantitative estimate of drug-likeness (QED) is 0.252. The summed E-state index contributed by atoms with van der Waals surface area (Å²) in [6.45, 7) is 1.32. The van der Waals surface area contributed by atoms with Gasteiger partial charge < -0.3 is 29.7 Å². The molecule has 0 aliphatic carbocycles. The maximum absolute atomic E-state index is 13.4. The Morgan fingerprint density at radius 1 is 0.976 bits per heavy atom. The number of carbonyl (C=O) groups excluding carboxylic acids is 3. The third-order valence-electron chi connectivity index (χ3n) is 6.92. The average Bonchev–Trinajstić information content (AvgIpc) is 3.50. The summed E-state index contributed by atoms with van der Waals surface area (Å²) in [7, 11) is 8.82. The van der Waals surface area contributed by atoms with E-state index in [0.717, 1.165) is 6.54 Å². The van der Waals surface area contributed by atoms with Crippen LogP contribution in [0.1, 0.15) is 32.0 Å². The number of hydrogen-bond donors (Lipinski definition) is 2. The first kappa shape index (κ1) is 27.5. The van der Waals surface area contributed by atoms with Crippen LogP contribution in [0.4, 0.5) is 11.4 Å². The number of anilines is 2. The number of esters is 1. The fraction of sp³-hybridized carbons (Fsp3) is 0.233. The summed E-state index contributed by atoms with van der Waals surface area (Å²) in [5.74, 6) is -0.945. The minimum atomic E-state index is -0.497. The van der Waals surface area contributed by atoms with Crippen LogP contribution in [0, 0.1) is 0 Å². The van der Waals surface area contributed by atoms with Crippen molar-refractivity contribution >= 4 is 51.5 Å². The van der Waals surface area contributed by atoms with Crippen LogP contribution in [-0.4, -0.2) is 83.5 Å². The lowest BCUT2D eigenvalue weighted by molar-refractivity contribution is -0.110. The van der Waals surface area contributed by atoms with Gasteiger partial charge in [0.15, 0.2) is 0 Å². The molecule has 0 saturated carbocycles. The summed E-state index contributed by atoms with van der Waals surface area (Å²) in [4.78, 5) is 51.2. The molecule has 0 bridgehead atoms.